The van der Waals surface area contributed by atoms with Crippen LogP contribution in [0.3, 0.4) is 0 Å². The van der Waals surface area contributed by atoms with Crippen LogP contribution in [-0.4, -0.2) is 66.0 Å². The van der Waals surface area contributed by atoms with E-state index in [4.69, 9.17) is 4.74 Å². The van der Waals surface area contributed by atoms with Gasteiger partial charge in [-0.05, 0) is 30.3 Å². The Kier molecular flexibility index (Phi) is 4.97. The van der Waals surface area contributed by atoms with E-state index in [1.807, 2.05) is 23.1 Å². The van der Waals surface area contributed by atoms with Gasteiger partial charge in [-0.25, -0.2) is 13.1 Å². The van der Waals surface area contributed by atoms with Crippen LogP contribution in [0, 0.1) is 0 Å². The average molecular weight is 400 g/mol. The summed E-state index contributed by atoms with van der Waals surface area (Å²) in [7, 11) is -2.14. The number of ether oxygens (including phenoxy) is 1. The van der Waals surface area contributed by atoms with Crippen molar-refractivity contribution in [2.75, 3.05) is 38.2 Å². The van der Waals surface area contributed by atoms with Gasteiger partial charge >= 0.3 is 0 Å². The third-order valence-electron chi connectivity index (χ3n) is 4.63. The molecule has 1 aliphatic heterocycles. The Bertz CT molecular complexity index is 1030. The van der Waals surface area contributed by atoms with Crippen molar-refractivity contribution in [2.24, 2.45) is 0 Å². The highest BCUT2D eigenvalue weighted by atomic mass is 32.2. The smallest absolute Gasteiger partial charge is 0.246 e. The maximum Gasteiger partial charge on any atom is 0.246 e. The summed E-state index contributed by atoms with van der Waals surface area (Å²) in [6.07, 6.45) is 3.47. The molecule has 9 nitrogen and oxygen atoms in total. The number of nitrogens with zero attached hydrogens (tertiary/aromatic N) is 6. The number of piperazine rings is 1. The third-order valence-corrected chi connectivity index (χ3v) is 6.56. The third kappa shape index (κ3) is 3.43. The van der Waals surface area contributed by atoms with Crippen LogP contribution in [0.15, 0.2) is 59.8 Å². The monoisotopic (exact) mass is 400 g/mol. The van der Waals surface area contributed by atoms with Gasteiger partial charge in [-0.3, -0.25) is 0 Å². The predicted molar refractivity (Wildman–Crippen MR) is 103 cm³/mol. The van der Waals surface area contributed by atoms with Crippen molar-refractivity contribution in [2.45, 2.75) is 4.90 Å². The van der Waals surface area contributed by atoms with Gasteiger partial charge in [0.15, 0.2) is 11.6 Å². The fraction of sp³-hybridized carbons (Fsp3) is 0.278. The Morgan fingerprint density at radius 2 is 1.64 bits per heavy atom. The Hall–Kier alpha value is -2.98. The molecular formula is C18H20N6O3S. The van der Waals surface area contributed by atoms with E-state index in [0.29, 0.717) is 43.6 Å². The van der Waals surface area contributed by atoms with Crippen LogP contribution in [0.4, 0.5) is 5.82 Å². The quantitative estimate of drug-likeness (QED) is 0.635. The van der Waals surface area contributed by atoms with E-state index < -0.39 is 10.0 Å². The second kappa shape index (κ2) is 7.56. The molecule has 0 spiro atoms. The van der Waals surface area contributed by atoms with E-state index >= 15 is 0 Å². The van der Waals surface area contributed by atoms with E-state index in [2.05, 4.69) is 15.3 Å². The molecular weight excluding hydrogens is 380 g/mol. The predicted octanol–water partition coefficient (Wildman–Crippen LogP) is 1.18. The summed E-state index contributed by atoms with van der Waals surface area (Å²) in [5.74, 6) is 1.70. The Labute approximate surface area is 163 Å². The van der Waals surface area contributed by atoms with Gasteiger partial charge in [-0.2, -0.15) is 9.40 Å². The van der Waals surface area contributed by atoms with E-state index in [9.17, 15) is 8.42 Å². The summed E-state index contributed by atoms with van der Waals surface area (Å²) in [5, 5.41) is 12.6. The van der Waals surface area contributed by atoms with Crippen LogP contribution >= 0.6 is 0 Å². The molecule has 3 heterocycles. The molecule has 0 saturated carbocycles. The first-order valence-corrected chi connectivity index (χ1v) is 10.3. The first-order valence-electron chi connectivity index (χ1n) is 8.81. The molecule has 28 heavy (non-hydrogen) atoms. The molecule has 1 aromatic carbocycles. The topological polar surface area (TPSA) is 93.5 Å². The fourth-order valence-electron chi connectivity index (χ4n) is 3.14. The summed E-state index contributed by atoms with van der Waals surface area (Å²) in [6, 6.07) is 12.2. The lowest BCUT2D eigenvalue weighted by Crippen LogP contribution is -2.49. The number of benzene rings is 1. The lowest BCUT2D eigenvalue weighted by atomic mass is 10.3. The summed E-state index contributed by atoms with van der Waals surface area (Å²) in [5.41, 5.74) is 0. The van der Waals surface area contributed by atoms with Gasteiger partial charge in [0.1, 0.15) is 10.6 Å². The number of para-hydroxylation sites is 1. The minimum Gasteiger partial charge on any atom is -0.495 e. The number of anilines is 1. The number of hydrogen-bond acceptors (Lipinski definition) is 7. The molecule has 0 radical (unpaired) electrons. The van der Waals surface area contributed by atoms with Crippen LogP contribution in [0.2, 0.25) is 0 Å². The van der Waals surface area contributed by atoms with Crippen LogP contribution in [0.1, 0.15) is 0 Å². The second-order valence-electron chi connectivity index (χ2n) is 6.24. The lowest BCUT2D eigenvalue weighted by molar-refractivity contribution is 0.373. The number of sulfonamides is 1. The molecule has 2 aromatic heterocycles. The van der Waals surface area contributed by atoms with Crippen LogP contribution in [0.5, 0.6) is 5.75 Å². The van der Waals surface area contributed by atoms with Gasteiger partial charge in [-0.15, -0.1) is 10.2 Å². The first kappa shape index (κ1) is 18.4. The van der Waals surface area contributed by atoms with Crippen LogP contribution in [0.25, 0.3) is 5.82 Å². The maximum atomic E-state index is 13.0. The summed E-state index contributed by atoms with van der Waals surface area (Å²) >= 11 is 0. The van der Waals surface area contributed by atoms with Crippen LogP contribution < -0.4 is 9.64 Å². The van der Waals surface area contributed by atoms with Gasteiger partial charge in [0.25, 0.3) is 0 Å². The first-order chi connectivity index (χ1) is 13.6. The SMILES string of the molecule is COc1ccccc1S(=O)(=O)N1CCN(c2ccc(-n3cccn3)nn2)CC1. The van der Waals surface area contributed by atoms with Gasteiger partial charge in [0.05, 0.1) is 7.11 Å². The Morgan fingerprint density at radius 1 is 0.929 bits per heavy atom. The number of rotatable bonds is 5. The highest BCUT2D eigenvalue weighted by Gasteiger charge is 2.31. The normalized spacial score (nSPS) is 15.5. The Morgan fingerprint density at radius 3 is 2.29 bits per heavy atom. The minimum absolute atomic E-state index is 0.189. The highest BCUT2D eigenvalue weighted by molar-refractivity contribution is 7.89. The second-order valence-corrected chi connectivity index (χ2v) is 8.15. The van der Waals surface area contributed by atoms with Crippen molar-refractivity contribution in [3.05, 3.63) is 54.9 Å². The average Bonchev–Trinajstić information content (AvgIpc) is 3.29. The number of hydrogen-bond donors (Lipinski definition) is 0. The highest BCUT2D eigenvalue weighted by Crippen LogP contribution is 2.27. The van der Waals surface area contributed by atoms with Crippen molar-refractivity contribution in [1.29, 1.82) is 0 Å². The van der Waals surface area contributed by atoms with Gasteiger partial charge < -0.3 is 9.64 Å². The zero-order chi connectivity index (χ0) is 19.6. The largest absolute Gasteiger partial charge is 0.495 e. The van der Waals surface area contributed by atoms with Gasteiger partial charge in [0, 0.05) is 38.6 Å². The van der Waals surface area contributed by atoms with Crippen molar-refractivity contribution >= 4 is 15.8 Å². The van der Waals surface area contributed by atoms with Crippen molar-refractivity contribution < 1.29 is 13.2 Å². The molecule has 0 bridgehead atoms. The van der Waals surface area contributed by atoms with Crippen molar-refractivity contribution in [1.82, 2.24) is 24.3 Å². The standard InChI is InChI=1S/C18H20N6O3S/c1-27-15-5-2-3-6-16(15)28(25,26)23-13-11-22(12-14-23)17-7-8-18(21-20-17)24-10-4-9-19-24/h2-10H,11-14H2,1H3. The molecule has 146 valence electrons. The van der Waals surface area contributed by atoms with Crippen molar-refractivity contribution in [3.63, 3.8) is 0 Å². The molecule has 1 aliphatic rings. The van der Waals surface area contributed by atoms with E-state index in [0.717, 1.165) is 0 Å². The summed E-state index contributed by atoms with van der Waals surface area (Å²) in [6.45, 7) is 1.79. The lowest BCUT2D eigenvalue weighted by Gasteiger charge is -2.34. The minimum atomic E-state index is -3.61. The van der Waals surface area contributed by atoms with Gasteiger partial charge in [-0.1, -0.05) is 12.1 Å². The van der Waals surface area contributed by atoms with E-state index in [-0.39, 0.29) is 4.90 Å². The zero-order valence-electron chi connectivity index (χ0n) is 15.3. The maximum absolute atomic E-state index is 13.0. The summed E-state index contributed by atoms with van der Waals surface area (Å²) in [4.78, 5) is 2.21. The molecule has 1 saturated heterocycles. The number of aromatic nitrogens is 4. The molecule has 0 unspecified atom stereocenters. The Balaban J connectivity index is 1.46. The fourth-order valence-corrected chi connectivity index (χ4v) is 4.72. The summed E-state index contributed by atoms with van der Waals surface area (Å²) < 4.78 is 34.3. The molecule has 3 aromatic rings. The van der Waals surface area contributed by atoms with Crippen LogP contribution in [-0.2, 0) is 10.0 Å². The van der Waals surface area contributed by atoms with Gasteiger partial charge in [0.2, 0.25) is 10.0 Å². The molecule has 0 atom stereocenters. The zero-order valence-corrected chi connectivity index (χ0v) is 16.2. The molecule has 1 fully saturated rings. The van der Waals surface area contributed by atoms with E-state index in [1.54, 1.807) is 41.3 Å². The molecule has 0 amide bonds. The molecule has 4 rings (SSSR count). The number of methoxy groups -OCH3 is 1. The van der Waals surface area contributed by atoms with Crippen molar-refractivity contribution in [3.8, 4) is 11.6 Å². The molecule has 10 heteroatoms. The molecule has 0 aliphatic carbocycles. The molecule has 0 N–H and O–H groups in total. The van der Waals surface area contributed by atoms with E-state index in [1.165, 1.54) is 11.4 Å².